The van der Waals surface area contributed by atoms with Crippen LogP contribution in [-0.4, -0.2) is 12.5 Å². The third-order valence-electron chi connectivity index (χ3n) is 4.66. The van der Waals surface area contributed by atoms with Gasteiger partial charge in [0.25, 0.3) is 5.91 Å². The van der Waals surface area contributed by atoms with Crippen LogP contribution in [0.1, 0.15) is 21.7 Å². The van der Waals surface area contributed by atoms with E-state index in [0.29, 0.717) is 40.8 Å². The minimum absolute atomic E-state index is 0.134. The van der Waals surface area contributed by atoms with Crippen molar-refractivity contribution in [3.63, 3.8) is 0 Å². The first-order valence-electron chi connectivity index (χ1n) is 9.07. The summed E-state index contributed by atoms with van der Waals surface area (Å²) in [6.45, 7) is 2.16. The average Bonchev–Trinajstić information content (AvgIpc) is 3.24. The van der Waals surface area contributed by atoms with Crippen LogP contribution in [0.3, 0.4) is 0 Å². The highest BCUT2D eigenvalue weighted by atomic mass is 16.3. The van der Waals surface area contributed by atoms with Crippen molar-refractivity contribution in [2.75, 3.05) is 6.54 Å². The highest BCUT2D eigenvalue weighted by molar-refractivity contribution is 6.05. The van der Waals surface area contributed by atoms with E-state index in [1.54, 1.807) is 31.4 Å². The van der Waals surface area contributed by atoms with Crippen molar-refractivity contribution in [2.45, 2.75) is 13.3 Å². The van der Waals surface area contributed by atoms with Crippen LogP contribution in [0.25, 0.3) is 22.3 Å². The molecule has 28 heavy (non-hydrogen) atoms. The Kier molecular flexibility index (Phi) is 4.81. The molecule has 1 amide bonds. The van der Waals surface area contributed by atoms with E-state index in [-0.39, 0.29) is 11.3 Å². The Morgan fingerprint density at radius 1 is 1.00 bits per heavy atom. The van der Waals surface area contributed by atoms with Gasteiger partial charge in [0.1, 0.15) is 11.5 Å². The Morgan fingerprint density at radius 2 is 1.82 bits per heavy atom. The number of carbonyl (C=O) groups is 1. The summed E-state index contributed by atoms with van der Waals surface area (Å²) in [6, 6.07) is 18.1. The topological polar surface area (TPSA) is 72.5 Å². The molecule has 2 heterocycles. The molecule has 0 bridgehead atoms. The zero-order chi connectivity index (χ0) is 19.5. The molecule has 0 aliphatic rings. The molecule has 0 atom stereocenters. The van der Waals surface area contributed by atoms with E-state index < -0.39 is 0 Å². The highest BCUT2D eigenvalue weighted by Gasteiger charge is 2.18. The van der Waals surface area contributed by atoms with E-state index in [9.17, 15) is 9.59 Å². The van der Waals surface area contributed by atoms with Gasteiger partial charge in [0.15, 0.2) is 11.0 Å². The average molecular weight is 373 g/mol. The Morgan fingerprint density at radius 3 is 2.57 bits per heavy atom. The maximum Gasteiger partial charge on any atom is 0.255 e. The smallest absolute Gasteiger partial charge is 0.255 e. The number of fused-ring (bicyclic) bond motifs is 1. The molecule has 140 valence electrons. The lowest BCUT2D eigenvalue weighted by molar-refractivity contribution is 0.0954. The van der Waals surface area contributed by atoms with Crippen molar-refractivity contribution < 1.29 is 13.6 Å². The fourth-order valence-electron chi connectivity index (χ4n) is 3.20. The first-order chi connectivity index (χ1) is 13.6. The number of hydrogen-bond donors (Lipinski definition) is 1. The Balaban J connectivity index is 1.71. The van der Waals surface area contributed by atoms with Crippen LogP contribution in [0.4, 0.5) is 0 Å². The van der Waals surface area contributed by atoms with E-state index in [2.05, 4.69) is 5.32 Å². The number of carbonyl (C=O) groups excluding carboxylic acids is 1. The van der Waals surface area contributed by atoms with E-state index in [4.69, 9.17) is 8.83 Å². The molecule has 0 saturated carbocycles. The van der Waals surface area contributed by atoms with Crippen molar-refractivity contribution in [3.8, 4) is 11.3 Å². The second kappa shape index (κ2) is 7.56. The summed E-state index contributed by atoms with van der Waals surface area (Å²) < 4.78 is 11.4. The molecule has 0 unspecified atom stereocenters. The van der Waals surface area contributed by atoms with E-state index in [0.717, 1.165) is 11.3 Å². The lowest BCUT2D eigenvalue weighted by Crippen LogP contribution is -2.26. The van der Waals surface area contributed by atoms with Crippen LogP contribution in [0.2, 0.25) is 0 Å². The molecule has 0 spiro atoms. The summed E-state index contributed by atoms with van der Waals surface area (Å²) in [5.41, 5.74) is 1.82. The first-order valence-corrected chi connectivity index (χ1v) is 9.07. The van der Waals surface area contributed by atoms with Gasteiger partial charge >= 0.3 is 0 Å². The molecule has 4 aromatic rings. The van der Waals surface area contributed by atoms with Crippen molar-refractivity contribution in [1.82, 2.24) is 5.32 Å². The molecule has 0 fully saturated rings. The number of nitrogens with one attached hydrogen (secondary N) is 1. The zero-order valence-corrected chi connectivity index (χ0v) is 15.4. The largest absolute Gasteiger partial charge is 0.469 e. The van der Waals surface area contributed by atoms with Gasteiger partial charge in [-0.05, 0) is 31.2 Å². The number of amides is 1. The predicted molar refractivity (Wildman–Crippen MR) is 107 cm³/mol. The molecule has 0 aliphatic heterocycles. The van der Waals surface area contributed by atoms with Gasteiger partial charge in [-0.15, -0.1) is 0 Å². The summed E-state index contributed by atoms with van der Waals surface area (Å²) in [7, 11) is 0. The highest BCUT2D eigenvalue weighted by Crippen LogP contribution is 2.27. The van der Waals surface area contributed by atoms with Crippen molar-refractivity contribution in [1.29, 1.82) is 0 Å². The minimum Gasteiger partial charge on any atom is -0.469 e. The van der Waals surface area contributed by atoms with E-state index >= 15 is 0 Å². The summed E-state index contributed by atoms with van der Waals surface area (Å²) in [6.07, 6.45) is 2.19. The normalized spacial score (nSPS) is 10.9. The van der Waals surface area contributed by atoms with Crippen molar-refractivity contribution in [2.24, 2.45) is 0 Å². The van der Waals surface area contributed by atoms with Crippen LogP contribution in [0, 0.1) is 6.92 Å². The number of benzene rings is 2. The molecule has 5 nitrogen and oxygen atoms in total. The van der Waals surface area contributed by atoms with Gasteiger partial charge in [-0.3, -0.25) is 9.59 Å². The number of hydrogen-bond acceptors (Lipinski definition) is 4. The van der Waals surface area contributed by atoms with Gasteiger partial charge in [-0.2, -0.15) is 0 Å². The van der Waals surface area contributed by atoms with E-state index in [1.165, 1.54) is 0 Å². The van der Waals surface area contributed by atoms with E-state index in [1.807, 2.05) is 42.5 Å². The first kappa shape index (κ1) is 17.8. The minimum atomic E-state index is -0.289. The van der Waals surface area contributed by atoms with Gasteiger partial charge in [0.05, 0.1) is 17.2 Å². The second-order valence-corrected chi connectivity index (χ2v) is 6.52. The zero-order valence-electron chi connectivity index (χ0n) is 15.4. The summed E-state index contributed by atoms with van der Waals surface area (Å²) in [5, 5.41) is 3.26. The predicted octanol–water partition coefficient (Wildman–Crippen LogP) is 4.33. The molecule has 0 radical (unpaired) electrons. The van der Waals surface area contributed by atoms with Gasteiger partial charge < -0.3 is 14.2 Å². The van der Waals surface area contributed by atoms with Crippen LogP contribution in [-0.2, 0) is 6.42 Å². The lowest BCUT2D eigenvalue weighted by atomic mass is 10.0. The number of furan rings is 1. The molecule has 5 heteroatoms. The molecule has 0 aliphatic carbocycles. The van der Waals surface area contributed by atoms with Crippen LogP contribution >= 0.6 is 0 Å². The third-order valence-corrected chi connectivity index (χ3v) is 4.66. The summed E-state index contributed by atoms with van der Waals surface area (Å²) >= 11 is 0. The van der Waals surface area contributed by atoms with Crippen LogP contribution in [0.15, 0.2) is 80.6 Å². The molecular formula is C23H19NO4. The standard InChI is InChI=1S/C23H19NO4/c1-15-20(25)18-10-5-11-19(23(26)24-13-12-17-9-6-14-27-17)22(18)28-21(15)16-7-3-2-4-8-16/h2-11,14H,12-13H2,1H3,(H,24,26). The molecule has 2 aromatic carbocycles. The fraction of sp³-hybridized carbons (Fsp3) is 0.130. The number of rotatable bonds is 5. The van der Waals surface area contributed by atoms with Crippen molar-refractivity contribution in [3.05, 3.63) is 94.0 Å². The molecule has 0 saturated heterocycles. The van der Waals surface area contributed by atoms with Crippen molar-refractivity contribution >= 4 is 16.9 Å². The van der Waals surface area contributed by atoms with Gasteiger partial charge in [0.2, 0.25) is 0 Å². The Bertz CT molecular complexity index is 1170. The Labute approximate surface area is 161 Å². The quantitative estimate of drug-likeness (QED) is 0.565. The lowest BCUT2D eigenvalue weighted by Gasteiger charge is -2.10. The van der Waals surface area contributed by atoms with Crippen LogP contribution in [0.5, 0.6) is 0 Å². The van der Waals surface area contributed by atoms with Gasteiger partial charge in [0, 0.05) is 24.1 Å². The number of para-hydroxylation sites is 1. The van der Waals surface area contributed by atoms with Gasteiger partial charge in [-0.25, -0.2) is 0 Å². The maximum absolute atomic E-state index is 12.9. The summed E-state index contributed by atoms with van der Waals surface area (Å²) in [5.74, 6) is 0.990. The third kappa shape index (κ3) is 3.34. The monoisotopic (exact) mass is 373 g/mol. The summed E-state index contributed by atoms with van der Waals surface area (Å²) in [4.78, 5) is 25.6. The maximum atomic E-state index is 12.9. The fourth-order valence-corrected chi connectivity index (χ4v) is 3.20. The van der Waals surface area contributed by atoms with Crippen LogP contribution < -0.4 is 10.7 Å². The molecule has 2 aromatic heterocycles. The van der Waals surface area contributed by atoms with Gasteiger partial charge in [-0.1, -0.05) is 36.4 Å². The molecule has 4 rings (SSSR count). The Hall–Kier alpha value is -3.60. The SMILES string of the molecule is Cc1c(-c2ccccc2)oc2c(C(=O)NCCc3ccco3)cccc2c1=O. The molecular weight excluding hydrogens is 354 g/mol. The molecule has 1 N–H and O–H groups in total. The second-order valence-electron chi connectivity index (χ2n) is 6.52.